The van der Waals surface area contributed by atoms with Gasteiger partial charge < -0.3 is 14.8 Å². The van der Waals surface area contributed by atoms with Crippen LogP contribution in [0.2, 0.25) is 0 Å². The Kier molecular flexibility index (Phi) is 6.29. The van der Waals surface area contributed by atoms with Crippen LogP contribution in [0.1, 0.15) is 52.3 Å². The molecule has 0 saturated carbocycles. The molecule has 1 aromatic carbocycles. The molecule has 1 saturated heterocycles. The van der Waals surface area contributed by atoms with Crippen LogP contribution in [0.3, 0.4) is 0 Å². The lowest BCUT2D eigenvalue weighted by molar-refractivity contribution is -0.0292. The Hall–Kier alpha value is -4.27. The summed E-state index contributed by atoms with van der Waals surface area (Å²) in [5.74, 6) is -0.304. The minimum atomic E-state index is -2.75. The van der Waals surface area contributed by atoms with Gasteiger partial charge in [0.2, 0.25) is 0 Å². The van der Waals surface area contributed by atoms with Gasteiger partial charge >= 0.3 is 0 Å². The molecule has 1 amide bonds. The van der Waals surface area contributed by atoms with Crippen molar-refractivity contribution in [2.75, 3.05) is 19.8 Å². The molecule has 0 aliphatic carbocycles. The summed E-state index contributed by atoms with van der Waals surface area (Å²) in [6.45, 7) is 3.48. The Bertz CT molecular complexity index is 1630. The van der Waals surface area contributed by atoms with E-state index in [4.69, 9.17) is 9.47 Å². The van der Waals surface area contributed by atoms with Crippen LogP contribution >= 0.6 is 0 Å². The summed E-state index contributed by atoms with van der Waals surface area (Å²) in [6, 6.07) is 12.7. The molecule has 2 aliphatic rings. The van der Waals surface area contributed by atoms with Crippen LogP contribution in [-0.2, 0) is 28.0 Å². The van der Waals surface area contributed by atoms with Gasteiger partial charge in [-0.05, 0) is 48.4 Å². The molecular weight excluding hydrogens is 506 g/mol. The van der Waals surface area contributed by atoms with Crippen LogP contribution in [0.4, 0.5) is 8.78 Å². The minimum absolute atomic E-state index is 0.0618. The molecule has 0 bridgehead atoms. The third-order valence-electron chi connectivity index (χ3n) is 7.16. The van der Waals surface area contributed by atoms with Crippen molar-refractivity contribution >= 4 is 16.8 Å². The van der Waals surface area contributed by atoms with Crippen molar-refractivity contribution in [3.05, 3.63) is 76.9 Å². The highest BCUT2D eigenvalue weighted by Gasteiger charge is 2.33. The number of amides is 1. The van der Waals surface area contributed by atoms with E-state index in [1.54, 1.807) is 49.6 Å². The number of nitriles is 1. The van der Waals surface area contributed by atoms with Gasteiger partial charge in [-0.3, -0.25) is 14.5 Å². The maximum absolute atomic E-state index is 13.8. The van der Waals surface area contributed by atoms with E-state index in [9.17, 15) is 18.8 Å². The number of carbonyl (C=O) groups is 1. The number of nitrogens with zero attached hydrogens (tertiary/aromatic N) is 5. The molecule has 5 heterocycles. The fourth-order valence-corrected chi connectivity index (χ4v) is 4.80. The lowest BCUT2D eigenvalue weighted by Crippen LogP contribution is -2.33. The first-order chi connectivity index (χ1) is 18.8. The predicted molar refractivity (Wildman–Crippen MR) is 136 cm³/mol. The molecular formula is C28H24F2N6O3. The lowest BCUT2D eigenvalue weighted by Gasteiger charge is -2.30. The number of ether oxygens (including phenoxy) is 2. The number of hydrogen-bond donors (Lipinski definition) is 1. The minimum Gasteiger partial charge on any atom is -0.377 e. The molecule has 9 nitrogen and oxygen atoms in total. The first-order valence-electron chi connectivity index (χ1n) is 12.5. The highest BCUT2D eigenvalue weighted by atomic mass is 19.3. The first kappa shape index (κ1) is 25.0. The van der Waals surface area contributed by atoms with Gasteiger partial charge in [-0.1, -0.05) is 6.07 Å². The van der Waals surface area contributed by atoms with Crippen molar-refractivity contribution in [1.29, 1.82) is 5.26 Å². The Morgan fingerprint density at radius 2 is 2.10 bits per heavy atom. The molecule has 2 aliphatic heterocycles. The average Bonchev–Trinajstić information content (AvgIpc) is 3.35. The normalized spacial score (nSPS) is 18.9. The van der Waals surface area contributed by atoms with Crippen LogP contribution in [0.15, 0.2) is 48.8 Å². The number of alkyl halides is 2. The van der Waals surface area contributed by atoms with E-state index in [-0.39, 0.29) is 36.4 Å². The van der Waals surface area contributed by atoms with E-state index in [0.717, 1.165) is 16.5 Å². The van der Waals surface area contributed by atoms with E-state index in [1.807, 2.05) is 6.07 Å². The third-order valence-corrected chi connectivity index (χ3v) is 7.16. The predicted octanol–water partition coefficient (Wildman–Crippen LogP) is 4.24. The zero-order chi connectivity index (χ0) is 27.1. The smallest absolute Gasteiger partial charge is 0.282 e. The molecule has 1 N–H and O–H groups in total. The monoisotopic (exact) mass is 530 g/mol. The second kappa shape index (κ2) is 9.80. The quantitative estimate of drug-likeness (QED) is 0.396. The van der Waals surface area contributed by atoms with Gasteiger partial charge in [-0.2, -0.15) is 10.4 Å². The summed E-state index contributed by atoms with van der Waals surface area (Å²) in [5.41, 5.74) is 2.75. The maximum Gasteiger partial charge on any atom is 0.282 e. The molecule has 0 spiro atoms. The standard InChI is InChI=1S/C28H24F2N6O3/c1-28(14-31)15-39-11-18-3-2-16(6-22(18)28)27(37)33-9-19-7-24-17(8-32-19)4-5-23(34-24)21-10-36(20-12-38-13-20)35-25(21)26(29)30/h2-8,10,20,26H,9,11-13,15H2,1H3,(H,33,37)/t28-/m1/s1. The van der Waals surface area contributed by atoms with Crippen LogP contribution < -0.4 is 5.32 Å². The summed E-state index contributed by atoms with van der Waals surface area (Å²) in [6.07, 6.45) is 0.478. The molecule has 198 valence electrons. The summed E-state index contributed by atoms with van der Waals surface area (Å²) < 4.78 is 39.7. The third kappa shape index (κ3) is 4.62. The van der Waals surface area contributed by atoms with Crippen molar-refractivity contribution in [2.24, 2.45) is 0 Å². The zero-order valence-electron chi connectivity index (χ0n) is 21.0. The number of hydrogen-bond acceptors (Lipinski definition) is 7. The van der Waals surface area contributed by atoms with Gasteiger partial charge in [0.25, 0.3) is 12.3 Å². The Morgan fingerprint density at radius 3 is 2.85 bits per heavy atom. The van der Waals surface area contributed by atoms with Gasteiger partial charge in [0.15, 0.2) is 0 Å². The van der Waals surface area contributed by atoms with Crippen molar-refractivity contribution in [3.8, 4) is 17.3 Å². The van der Waals surface area contributed by atoms with Gasteiger partial charge in [-0.15, -0.1) is 0 Å². The molecule has 39 heavy (non-hydrogen) atoms. The van der Waals surface area contributed by atoms with E-state index in [2.05, 4.69) is 26.5 Å². The van der Waals surface area contributed by atoms with Crippen LogP contribution in [0, 0.1) is 11.3 Å². The second-order valence-corrected chi connectivity index (χ2v) is 9.96. The highest BCUT2D eigenvalue weighted by Crippen LogP contribution is 2.33. The Balaban J connectivity index is 1.23. The van der Waals surface area contributed by atoms with Gasteiger partial charge in [0.1, 0.15) is 11.1 Å². The van der Waals surface area contributed by atoms with Crippen molar-refractivity contribution in [3.63, 3.8) is 0 Å². The van der Waals surface area contributed by atoms with Crippen molar-refractivity contribution in [1.82, 2.24) is 25.1 Å². The van der Waals surface area contributed by atoms with Crippen LogP contribution in [-0.4, -0.2) is 45.5 Å². The van der Waals surface area contributed by atoms with Crippen LogP contribution in [0.5, 0.6) is 0 Å². The van der Waals surface area contributed by atoms with Gasteiger partial charge in [-0.25, -0.2) is 13.8 Å². The van der Waals surface area contributed by atoms with Crippen molar-refractivity contribution < 1.29 is 23.0 Å². The number of pyridine rings is 2. The number of rotatable bonds is 6. The topological polar surface area (TPSA) is 115 Å². The van der Waals surface area contributed by atoms with Gasteiger partial charge in [0.05, 0.1) is 62.0 Å². The fraction of sp³-hybridized carbons (Fsp3) is 0.321. The molecule has 1 fully saturated rings. The SMILES string of the molecule is C[C@@]1(C#N)COCc2ccc(C(=O)NCc3cc4nc(-c5cn(C6COC6)nc5C(F)F)ccc4cn3)cc21. The summed E-state index contributed by atoms with van der Waals surface area (Å²) >= 11 is 0. The molecule has 0 radical (unpaired) electrons. The number of benzene rings is 1. The average molecular weight is 531 g/mol. The molecule has 3 aromatic heterocycles. The Morgan fingerprint density at radius 1 is 1.26 bits per heavy atom. The molecule has 4 aromatic rings. The van der Waals surface area contributed by atoms with E-state index >= 15 is 0 Å². The lowest BCUT2D eigenvalue weighted by atomic mass is 9.79. The summed E-state index contributed by atoms with van der Waals surface area (Å²) in [5, 5.41) is 17.3. The molecule has 1 atom stereocenters. The van der Waals surface area contributed by atoms with E-state index < -0.39 is 11.8 Å². The maximum atomic E-state index is 13.8. The van der Waals surface area contributed by atoms with Crippen molar-refractivity contribution in [2.45, 2.75) is 38.0 Å². The molecule has 0 unspecified atom stereocenters. The number of fused-ring (bicyclic) bond motifs is 2. The summed E-state index contributed by atoms with van der Waals surface area (Å²) in [7, 11) is 0. The zero-order valence-corrected chi connectivity index (χ0v) is 21.0. The fourth-order valence-electron chi connectivity index (χ4n) is 4.80. The number of nitrogens with one attached hydrogen (secondary N) is 1. The molecule has 11 heteroatoms. The number of aromatic nitrogens is 4. The number of carbonyl (C=O) groups excluding carboxylic acids is 1. The van der Waals surface area contributed by atoms with Gasteiger partial charge in [0, 0.05) is 28.9 Å². The first-order valence-corrected chi connectivity index (χ1v) is 12.5. The largest absolute Gasteiger partial charge is 0.377 e. The summed E-state index contributed by atoms with van der Waals surface area (Å²) in [4.78, 5) is 22.0. The van der Waals surface area contributed by atoms with E-state index in [1.165, 1.54) is 4.68 Å². The highest BCUT2D eigenvalue weighted by molar-refractivity contribution is 5.94. The Labute approximate surface area is 222 Å². The van der Waals surface area contributed by atoms with E-state index in [0.29, 0.717) is 42.3 Å². The molecule has 6 rings (SSSR count). The van der Waals surface area contributed by atoms with Crippen LogP contribution in [0.25, 0.3) is 22.2 Å². The second-order valence-electron chi connectivity index (χ2n) is 9.96. The number of halogens is 2.